The summed E-state index contributed by atoms with van der Waals surface area (Å²) >= 11 is 1.39. The Kier molecular flexibility index (Phi) is 4.93. The van der Waals surface area contributed by atoms with Gasteiger partial charge in [-0.1, -0.05) is 24.3 Å². The summed E-state index contributed by atoms with van der Waals surface area (Å²) in [7, 11) is 1.62. The van der Waals surface area contributed by atoms with Gasteiger partial charge in [0.25, 0.3) is 5.91 Å². The fraction of sp³-hybridized carbons (Fsp3) is 0.200. The zero-order chi connectivity index (χ0) is 18.6. The van der Waals surface area contributed by atoms with Crippen molar-refractivity contribution < 1.29 is 19.0 Å². The van der Waals surface area contributed by atoms with Crippen LogP contribution < -0.4 is 19.5 Å². The minimum Gasteiger partial charge on any atom is -0.497 e. The predicted molar refractivity (Wildman–Crippen MR) is 102 cm³/mol. The first-order valence-electron chi connectivity index (χ1n) is 8.48. The van der Waals surface area contributed by atoms with Crippen LogP contribution in [-0.4, -0.2) is 24.6 Å². The number of rotatable bonds is 5. The molecule has 6 nitrogen and oxygen atoms in total. The Hall–Kier alpha value is -3.06. The number of fused-ring (bicyclic) bond motifs is 1. The van der Waals surface area contributed by atoms with Gasteiger partial charge in [0.2, 0.25) is 0 Å². The number of nitrogens with one attached hydrogen (secondary N) is 1. The Morgan fingerprint density at radius 2 is 2.00 bits per heavy atom. The molecule has 1 aliphatic heterocycles. The number of hydrogen-bond donors (Lipinski definition) is 1. The lowest BCUT2D eigenvalue weighted by molar-refractivity contribution is 0.0898. The van der Waals surface area contributed by atoms with Crippen molar-refractivity contribution >= 4 is 17.2 Å². The van der Waals surface area contributed by atoms with Gasteiger partial charge in [0.1, 0.15) is 23.1 Å². The Morgan fingerprint density at radius 1 is 1.22 bits per heavy atom. The Balaban J connectivity index is 1.38. The molecule has 1 unspecified atom stereocenters. The van der Waals surface area contributed by atoms with Gasteiger partial charge in [0.15, 0.2) is 17.6 Å². The normalized spacial score (nSPS) is 15.2. The number of carbonyl (C=O) groups is 1. The number of methoxy groups -OCH3 is 1. The van der Waals surface area contributed by atoms with E-state index in [2.05, 4.69) is 10.3 Å². The van der Waals surface area contributed by atoms with Gasteiger partial charge in [0, 0.05) is 11.9 Å². The van der Waals surface area contributed by atoms with Gasteiger partial charge >= 0.3 is 0 Å². The molecule has 0 saturated carbocycles. The molecule has 4 rings (SSSR count). The van der Waals surface area contributed by atoms with Crippen LogP contribution in [-0.2, 0) is 6.54 Å². The zero-order valence-electron chi connectivity index (χ0n) is 14.7. The molecule has 1 aromatic heterocycles. The van der Waals surface area contributed by atoms with Crippen molar-refractivity contribution in [1.82, 2.24) is 10.3 Å². The number of hydrogen-bond acceptors (Lipinski definition) is 6. The fourth-order valence-corrected chi connectivity index (χ4v) is 3.51. The first kappa shape index (κ1) is 17.4. The first-order valence-corrected chi connectivity index (χ1v) is 9.36. The van der Waals surface area contributed by atoms with Crippen LogP contribution in [0.5, 0.6) is 17.2 Å². The fourth-order valence-electron chi connectivity index (χ4n) is 2.70. The summed E-state index contributed by atoms with van der Waals surface area (Å²) in [4.78, 5) is 16.8. The van der Waals surface area contributed by atoms with Crippen molar-refractivity contribution in [3.63, 3.8) is 0 Å². The molecular formula is C20H18N2O4S. The van der Waals surface area contributed by atoms with Crippen LogP contribution in [0.1, 0.15) is 27.2 Å². The van der Waals surface area contributed by atoms with E-state index in [9.17, 15) is 4.79 Å². The molecule has 1 amide bonds. The van der Waals surface area contributed by atoms with E-state index < -0.39 is 0 Å². The smallest absolute Gasteiger partial charge is 0.271 e. The van der Waals surface area contributed by atoms with E-state index in [4.69, 9.17) is 14.2 Å². The third kappa shape index (κ3) is 3.88. The molecular weight excluding hydrogens is 364 g/mol. The van der Waals surface area contributed by atoms with Crippen LogP contribution in [0.25, 0.3) is 0 Å². The van der Waals surface area contributed by atoms with Gasteiger partial charge < -0.3 is 19.5 Å². The monoisotopic (exact) mass is 382 g/mol. The maximum Gasteiger partial charge on any atom is 0.271 e. The highest BCUT2D eigenvalue weighted by Crippen LogP contribution is 2.36. The van der Waals surface area contributed by atoms with E-state index in [1.165, 1.54) is 11.3 Å². The number of para-hydroxylation sites is 2. The number of nitrogens with zero attached hydrogens (tertiary/aromatic N) is 1. The lowest BCUT2D eigenvalue weighted by atomic mass is 10.2. The zero-order valence-corrected chi connectivity index (χ0v) is 15.5. The molecule has 0 radical (unpaired) electrons. The topological polar surface area (TPSA) is 69.7 Å². The molecule has 1 N–H and O–H groups in total. The molecule has 0 saturated heterocycles. The van der Waals surface area contributed by atoms with E-state index in [0.29, 0.717) is 24.6 Å². The van der Waals surface area contributed by atoms with Crippen molar-refractivity contribution in [2.45, 2.75) is 12.6 Å². The average molecular weight is 382 g/mol. The number of benzene rings is 2. The highest BCUT2D eigenvalue weighted by Gasteiger charge is 2.25. The van der Waals surface area contributed by atoms with Crippen LogP contribution in [0, 0.1) is 0 Å². The minimum absolute atomic E-state index is 0.217. The predicted octanol–water partition coefficient (Wildman–Crippen LogP) is 3.59. The maximum atomic E-state index is 12.4. The number of amides is 1. The Bertz CT molecular complexity index is 939. The molecule has 7 heteroatoms. The third-order valence-electron chi connectivity index (χ3n) is 4.15. The van der Waals surface area contributed by atoms with Crippen LogP contribution in [0.4, 0.5) is 0 Å². The van der Waals surface area contributed by atoms with Crippen LogP contribution in [0.15, 0.2) is 53.9 Å². The molecule has 3 aromatic rings. The second-order valence-corrected chi connectivity index (χ2v) is 6.86. The van der Waals surface area contributed by atoms with Gasteiger partial charge in [-0.05, 0) is 29.8 Å². The summed E-state index contributed by atoms with van der Waals surface area (Å²) in [5, 5.41) is 5.34. The number of ether oxygens (including phenoxy) is 3. The van der Waals surface area contributed by atoms with Gasteiger partial charge in [-0.3, -0.25) is 4.79 Å². The molecule has 2 heterocycles. The number of carbonyl (C=O) groups excluding carboxylic acids is 1. The summed E-state index contributed by atoms with van der Waals surface area (Å²) in [5.41, 5.74) is 1.37. The number of thiazole rings is 1. The maximum absolute atomic E-state index is 12.4. The standard InChI is InChI=1S/C20H18N2O4S/c1-24-14-8-6-13(7-9-14)10-21-19(23)15-12-27-20(22-15)18-11-25-16-4-2-3-5-17(16)26-18/h2-9,12,18H,10-11H2,1H3,(H,21,23). The summed E-state index contributed by atoms with van der Waals surface area (Å²) in [6.07, 6.45) is -0.312. The Labute approximate surface area is 160 Å². The van der Waals surface area contributed by atoms with Crippen molar-refractivity contribution in [2.24, 2.45) is 0 Å². The molecule has 0 fully saturated rings. The van der Waals surface area contributed by atoms with Crippen molar-refractivity contribution in [2.75, 3.05) is 13.7 Å². The second-order valence-electron chi connectivity index (χ2n) is 5.97. The Morgan fingerprint density at radius 3 is 2.78 bits per heavy atom. The van der Waals surface area contributed by atoms with E-state index >= 15 is 0 Å². The second kappa shape index (κ2) is 7.67. The third-order valence-corrected chi connectivity index (χ3v) is 5.09. The molecule has 1 atom stereocenters. The van der Waals surface area contributed by atoms with Gasteiger partial charge in [0.05, 0.1) is 7.11 Å². The van der Waals surface area contributed by atoms with E-state index in [1.807, 2.05) is 48.5 Å². The summed E-state index contributed by atoms with van der Waals surface area (Å²) in [5.74, 6) is 1.98. The molecule has 1 aliphatic rings. The van der Waals surface area contributed by atoms with Crippen molar-refractivity contribution in [1.29, 1.82) is 0 Å². The first-order chi connectivity index (χ1) is 13.2. The van der Waals surface area contributed by atoms with Crippen LogP contribution >= 0.6 is 11.3 Å². The highest BCUT2D eigenvalue weighted by atomic mass is 32.1. The quantitative estimate of drug-likeness (QED) is 0.730. The molecule has 0 spiro atoms. The molecule has 138 valence electrons. The highest BCUT2D eigenvalue weighted by molar-refractivity contribution is 7.09. The number of aromatic nitrogens is 1. The van der Waals surface area contributed by atoms with E-state index in [0.717, 1.165) is 22.1 Å². The SMILES string of the molecule is COc1ccc(CNC(=O)c2csc(C3COc4ccccc4O3)n2)cc1. The molecule has 0 aliphatic carbocycles. The van der Waals surface area contributed by atoms with Crippen LogP contribution in [0.2, 0.25) is 0 Å². The van der Waals surface area contributed by atoms with Crippen LogP contribution in [0.3, 0.4) is 0 Å². The van der Waals surface area contributed by atoms with Gasteiger partial charge in [-0.15, -0.1) is 11.3 Å². The van der Waals surface area contributed by atoms with Crippen molar-refractivity contribution in [3.05, 3.63) is 70.2 Å². The summed E-state index contributed by atoms with van der Waals surface area (Å²) in [6.45, 7) is 0.795. The van der Waals surface area contributed by atoms with Gasteiger partial charge in [-0.25, -0.2) is 4.98 Å². The average Bonchev–Trinajstić information content (AvgIpc) is 3.22. The summed E-state index contributed by atoms with van der Waals surface area (Å²) in [6, 6.07) is 15.1. The summed E-state index contributed by atoms with van der Waals surface area (Å²) < 4.78 is 16.8. The minimum atomic E-state index is -0.312. The molecule has 2 aromatic carbocycles. The lowest BCUT2D eigenvalue weighted by Crippen LogP contribution is -2.24. The largest absolute Gasteiger partial charge is 0.497 e. The van der Waals surface area contributed by atoms with Crippen molar-refractivity contribution in [3.8, 4) is 17.2 Å². The molecule has 27 heavy (non-hydrogen) atoms. The van der Waals surface area contributed by atoms with Gasteiger partial charge in [-0.2, -0.15) is 0 Å². The molecule has 0 bridgehead atoms. The lowest BCUT2D eigenvalue weighted by Gasteiger charge is -2.24. The van der Waals surface area contributed by atoms with E-state index in [1.54, 1.807) is 12.5 Å². The van der Waals surface area contributed by atoms with E-state index in [-0.39, 0.29) is 12.0 Å².